The monoisotopic (exact) mass is 204 g/mol. The van der Waals surface area contributed by atoms with Crippen molar-refractivity contribution in [1.29, 1.82) is 0 Å². The Morgan fingerprint density at radius 2 is 1.50 bits per heavy atom. The summed E-state index contributed by atoms with van der Waals surface area (Å²) in [5.74, 6) is -1.64. The standard InChI is InChI=1S/C5H9NO3.C4H12N/c1-3(5(8)9)6-4(2)7;1-5(2,3)4/h3H,1-2H3,(H,6,7)(H,8,9);1-4H3/q;+1/p-1/t3-;/m1./s1. The molecule has 0 aliphatic rings. The van der Waals surface area contributed by atoms with E-state index in [1.165, 1.54) is 13.8 Å². The van der Waals surface area contributed by atoms with Crippen molar-refractivity contribution >= 4 is 11.9 Å². The van der Waals surface area contributed by atoms with Gasteiger partial charge in [0.2, 0.25) is 5.91 Å². The lowest BCUT2D eigenvalue weighted by atomic mass is 10.3. The predicted molar refractivity (Wildman–Crippen MR) is 52.2 cm³/mol. The first kappa shape index (κ1) is 15.4. The molecule has 1 atom stereocenters. The van der Waals surface area contributed by atoms with Gasteiger partial charge in [-0.15, -0.1) is 0 Å². The van der Waals surface area contributed by atoms with Crippen LogP contribution in [0.25, 0.3) is 0 Å². The van der Waals surface area contributed by atoms with E-state index in [9.17, 15) is 14.7 Å². The molecule has 0 saturated carbocycles. The van der Waals surface area contributed by atoms with E-state index < -0.39 is 12.0 Å². The molecule has 14 heavy (non-hydrogen) atoms. The van der Waals surface area contributed by atoms with Gasteiger partial charge in [0.1, 0.15) is 0 Å². The van der Waals surface area contributed by atoms with Crippen LogP contribution in [0.1, 0.15) is 13.8 Å². The van der Waals surface area contributed by atoms with Gasteiger partial charge in [0.15, 0.2) is 0 Å². The van der Waals surface area contributed by atoms with E-state index in [0.717, 1.165) is 4.48 Å². The lowest BCUT2D eigenvalue weighted by molar-refractivity contribution is -0.849. The molecule has 0 aliphatic heterocycles. The third kappa shape index (κ3) is 22.4. The zero-order chi connectivity index (χ0) is 11.9. The molecule has 5 nitrogen and oxygen atoms in total. The number of aliphatic carboxylic acids is 1. The van der Waals surface area contributed by atoms with Crippen LogP contribution in [0.2, 0.25) is 0 Å². The zero-order valence-corrected chi connectivity index (χ0v) is 9.75. The van der Waals surface area contributed by atoms with Gasteiger partial charge in [-0.25, -0.2) is 0 Å². The summed E-state index contributed by atoms with van der Waals surface area (Å²) in [6.45, 7) is 2.59. The number of hydrogen-bond acceptors (Lipinski definition) is 3. The van der Waals surface area contributed by atoms with Crippen molar-refractivity contribution < 1.29 is 19.2 Å². The number of rotatable bonds is 2. The zero-order valence-electron chi connectivity index (χ0n) is 9.75. The van der Waals surface area contributed by atoms with Crippen LogP contribution in [-0.2, 0) is 9.59 Å². The Hall–Kier alpha value is -1.10. The van der Waals surface area contributed by atoms with Crippen LogP contribution < -0.4 is 10.4 Å². The smallest absolute Gasteiger partial charge is 0.217 e. The number of carbonyl (C=O) groups excluding carboxylic acids is 2. The second-order valence-corrected chi connectivity index (χ2v) is 4.42. The van der Waals surface area contributed by atoms with Crippen molar-refractivity contribution in [3.63, 3.8) is 0 Å². The second kappa shape index (κ2) is 6.37. The van der Waals surface area contributed by atoms with Gasteiger partial charge in [-0.3, -0.25) is 4.79 Å². The summed E-state index contributed by atoms with van der Waals surface area (Å²) in [6.07, 6.45) is 0. The fraction of sp³-hybridized carbons (Fsp3) is 0.778. The van der Waals surface area contributed by atoms with Crippen LogP contribution in [0.5, 0.6) is 0 Å². The van der Waals surface area contributed by atoms with Gasteiger partial charge in [-0.05, 0) is 6.92 Å². The van der Waals surface area contributed by atoms with Crippen LogP contribution in [-0.4, -0.2) is 50.6 Å². The van der Waals surface area contributed by atoms with E-state index in [2.05, 4.69) is 33.5 Å². The van der Waals surface area contributed by atoms with Crippen LogP contribution in [0.4, 0.5) is 0 Å². The van der Waals surface area contributed by atoms with E-state index in [1.54, 1.807) is 0 Å². The van der Waals surface area contributed by atoms with Gasteiger partial charge >= 0.3 is 0 Å². The first-order valence-electron chi connectivity index (χ1n) is 4.31. The molecule has 0 aromatic heterocycles. The van der Waals surface area contributed by atoms with Crippen molar-refractivity contribution in [3.8, 4) is 0 Å². The SMILES string of the molecule is CC(=O)N[C@H](C)C(=O)[O-].C[N+](C)(C)C. The largest absolute Gasteiger partial charge is 0.548 e. The minimum atomic E-state index is -1.27. The predicted octanol–water partition coefficient (Wildman–Crippen LogP) is -1.42. The lowest BCUT2D eigenvalue weighted by Crippen LogP contribution is -2.45. The van der Waals surface area contributed by atoms with Crippen molar-refractivity contribution in [3.05, 3.63) is 0 Å². The summed E-state index contributed by atoms with van der Waals surface area (Å²) in [7, 11) is 8.50. The molecule has 0 spiro atoms. The average molecular weight is 204 g/mol. The van der Waals surface area contributed by atoms with Gasteiger partial charge in [-0.2, -0.15) is 0 Å². The van der Waals surface area contributed by atoms with Crippen LogP contribution in [0, 0.1) is 0 Å². The van der Waals surface area contributed by atoms with E-state index in [4.69, 9.17) is 0 Å². The molecule has 0 aliphatic carbocycles. The van der Waals surface area contributed by atoms with Gasteiger partial charge in [0.05, 0.1) is 40.2 Å². The van der Waals surface area contributed by atoms with E-state index in [0.29, 0.717) is 0 Å². The Bertz CT molecular complexity index is 191. The van der Waals surface area contributed by atoms with E-state index in [1.807, 2.05) is 0 Å². The van der Waals surface area contributed by atoms with Gasteiger partial charge < -0.3 is 19.7 Å². The third-order valence-electron chi connectivity index (χ3n) is 0.773. The number of carboxylic acids is 1. The summed E-state index contributed by atoms with van der Waals surface area (Å²) >= 11 is 0. The number of carbonyl (C=O) groups is 2. The summed E-state index contributed by atoms with van der Waals surface area (Å²) in [5.41, 5.74) is 0. The molecule has 0 bridgehead atoms. The van der Waals surface area contributed by atoms with Crippen molar-refractivity contribution in [2.45, 2.75) is 19.9 Å². The molecule has 1 amide bonds. The number of carboxylic acid groups (broad SMARTS) is 1. The topological polar surface area (TPSA) is 69.2 Å². The summed E-state index contributed by atoms with van der Waals surface area (Å²) < 4.78 is 1.00. The van der Waals surface area contributed by atoms with Crippen molar-refractivity contribution in [2.24, 2.45) is 0 Å². The molecule has 1 N–H and O–H groups in total. The number of hydrogen-bond donors (Lipinski definition) is 1. The van der Waals surface area contributed by atoms with E-state index >= 15 is 0 Å². The normalized spacial score (nSPS) is 12.1. The average Bonchev–Trinajstić information content (AvgIpc) is 1.80. The quantitative estimate of drug-likeness (QED) is 0.561. The highest BCUT2D eigenvalue weighted by Crippen LogP contribution is 1.75. The Kier molecular flexibility index (Phi) is 6.99. The molecular weight excluding hydrogens is 184 g/mol. The molecule has 0 saturated heterocycles. The second-order valence-electron chi connectivity index (χ2n) is 4.42. The van der Waals surface area contributed by atoms with Gasteiger partial charge in [0, 0.05) is 6.92 Å². The number of amides is 1. The Morgan fingerprint density at radius 1 is 1.21 bits per heavy atom. The summed E-state index contributed by atoms with van der Waals surface area (Å²) in [5, 5.41) is 12.1. The van der Waals surface area contributed by atoms with Crippen LogP contribution in [0.15, 0.2) is 0 Å². The molecule has 0 radical (unpaired) electrons. The van der Waals surface area contributed by atoms with Crippen LogP contribution >= 0.6 is 0 Å². The molecule has 0 fully saturated rings. The first-order chi connectivity index (χ1) is 6.04. The summed E-state index contributed by atoms with van der Waals surface area (Å²) in [6, 6.07) is -0.900. The molecular formula is C9H20N2O3. The molecule has 84 valence electrons. The van der Waals surface area contributed by atoms with Crippen molar-refractivity contribution in [2.75, 3.05) is 28.2 Å². The molecule has 0 aromatic rings. The molecule has 0 heterocycles. The lowest BCUT2D eigenvalue weighted by Gasteiger charge is -2.14. The first-order valence-corrected chi connectivity index (χ1v) is 4.31. The highest BCUT2D eigenvalue weighted by atomic mass is 16.4. The van der Waals surface area contributed by atoms with Gasteiger partial charge in [0.25, 0.3) is 0 Å². The maximum Gasteiger partial charge on any atom is 0.217 e. The maximum absolute atomic E-state index is 10.2. The van der Waals surface area contributed by atoms with Crippen LogP contribution in [0.3, 0.4) is 0 Å². The molecule has 0 rings (SSSR count). The Morgan fingerprint density at radius 3 is 1.57 bits per heavy atom. The summed E-state index contributed by atoms with van der Waals surface area (Å²) in [4.78, 5) is 20.1. The molecule has 0 aromatic carbocycles. The number of quaternary nitrogens is 1. The highest BCUT2D eigenvalue weighted by Gasteiger charge is 2.01. The Balaban J connectivity index is 0. The molecule has 5 heteroatoms. The Labute approximate surface area is 85.3 Å². The minimum absolute atomic E-state index is 0.369. The molecule has 0 unspecified atom stereocenters. The highest BCUT2D eigenvalue weighted by molar-refractivity contribution is 5.80. The van der Waals surface area contributed by atoms with Crippen molar-refractivity contribution in [1.82, 2.24) is 5.32 Å². The third-order valence-corrected chi connectivity index (χ3v) is 0.773. The van der Waals surface area contributed by atoms with Gasteiger partial charge in [-0.1, -0.05) is 0 Å². The maximum atomic E-state index is 10.2. The number of nitrogens with one attached hydrogen (secondary N) is 1. The minimum Gasteiger partial charge on any atom is -0.548 e. The number of nitrogens with zero attached hydrogens (tertiary/aromatic N) is 1. The fourth-order valence-corrected chi connectivity index (χ4v) is 0.364. The fourth-order valence-electron chi connectivity index (χ4n) is 0.364. The van der Waals surface area contributed by atoms with E-state index in [-0.39, 0.29) is 5.91 Å².